The van der Waals surface area contributed by atoms with E-state index in [4.69, 9.17) is 5.11 Å². The molecule has 0 radical (unpaired) electrons. The molecule has 0 aliphatic rings. The molecule has 0 amide bonds. The molecule has 1 atom stereocenters. The first-order chi connectivity index (χ1) is 8.79. The molecule has 0 saturated heterocycles. The van der Waals surface area contributed by atoms with Crippen LogP contribution < -0.4 is 5.32 Å². The number of aromatic nitrogens is 2. The Hall–Kier alpha value is -1.30. The van der Waals surface area contributed by atoms with Gasteiger partial charge < -0.3 is 10.4 Å². The van der Waals surface area contributed by atoms with Crippen molar-refractivity contribution in [2.75, 3.05) is 6.61 Å². The smallest absolute Gasteiger partial charge is 0.142 e. The number of hydrogen-bond donors (Lipinski definition) is 2. The maximum atomic E-state index is 8.82. The van der Waals surface area contributed by atoms with Gasteiger partial charge in [-0.2, -0.15) is 0 Å². The highest BCUT2D eigenvalue weighted by Gasteiger charge is 2.06. The molecule has 1 unspecified atom stereocenters. The molecular weight excluding hydrogens is 246 g/mol. The highest BCUT2D eigenvalue weighted by molar-refractivity contribution is 7.13. The molecule has 18 heavy (non-hydrogen) atoms. The average molecular weight is 263 g/mol. The molecule has 96 valence electrons. The van der Waals surface area contributed by atoms with Crippen LogP contribution in [-0.4, -0.2) is 27.7 Å². The molecule has 0 aliphatic heterocycles. The molecule has 4 nitrogen and oxygen atoms in total. The lowest BCUT2D eigenvalue weighted by molar-refractivity contribution is 0.268. The Morgan fingerprint density at radius 3 is 3.06 bits per heavy atom. The Morgan fingerprint density at radius 1 is 1.44 bits per heavy atom. The fourth-order valence-corrected chi connectivity index (χ4v) is 2.36. The minimum absolute atomic E-state index is 0.213. The summed E-state index contributed by atoms with van der Waals surface area (Å²) in [6, 6.07) is 6.13. The third-order valence-corrected chi connectivity index (χ3v) is 3.54. The van der Waals surface area contributed by atoms with Crippen LogP contribution in [0.4, 0.5) is 0 Å². The van der Waals surface area contributed by atoms with Gasteiger partial charge in [-0.25, -0.2) is 4.98 Å². The van der Waals surface area contributed by atoms with Gasteiger partial charge in [-0.05, 0) is 25.5 Å². The predicted octanol–water partition coefficient (Wildman–Crippen LogP) is 2.07. The lowest BCUT2D eigenvalue weighted by Crippen LogP contribution is -2.26. The fraction of sp³-hybridized carbons (Fsp3) is 0.385. The van der Waals surface area contributed by atoms with Crippen LogP contribution in [0.15, 0.2) is 29.8 Å². The number of pyridine rings is 1. The summed E-state index contributed by atoms with van der Waals surface area (Å²) in [7, 11) is 0. The van der Waals surface area contributed by atoms with Gasteiger partial charge in [0.2, 0.25) is 0 Å². The van der Waals surface area contributed by atoms with Crippen molar-refractivity contribution < 1.29 is 5.11 Å². The molecule has 2 heterocycles. The number of rotatable bonds is 6. The normalized spacial score (nSPS) is 12.6. The van der Waals surface area contributed by atoms with Crippen molar-refractivity contribution in [1.29, 1.82) is 0 Å². The van der Waals surface area contributed by atoms with Crippen LogP contribution in [-0.2, 0) is 6.54 Å². The van der Waals surface area contributed by atoms with Crippen LogP contribution in [0.25, 0.3) is 10.7 Å². The van der Waals surface area contributed by atoms with Crippen LogP contribution in [0.5, 0.6) is 0 Å². The first-order valence-corrected chi connectivity index (χ1v) is 6.87. The van der Waals surface area contributed by atoms with Gasteiger partial charge in [0, 0.05) is 30.8 Å². The molecule has 0 spiro atoms. The average Bonchev–Trinajstić information content (AvgIpc) is 2.87. The Kier molecular flexibility index (Phi) is 4.81. The summed E-state index contributed by atoms with van der Waals surface area (Å²) < 4.78 is 0. The summed E-state index contributed by atoms with van der Waals surface area (Å²) in [4.78, 5) is 8.83. The summed E-state index contributed by atoms with van der Waals surface area (Å²) in [6.07, 6.45) is 2.54. The Bertz CT molecular complexity index is 472. The number of aliphatic hydroxyl groups excluding tert-OH is 1. The molecule has 2 rings (SSSR count). The van der Waals surface area contributed by atoms with Gasteiger partial charge in [0.25, 0.3) is 0 Å². The van der Waals surface area contributed by atoms with Gasteiger partial charge in [0.15, 0.2) is 0 Å². The summed E-state index contributed by atoms with van der Waals surface area (Å²) in [5, 5.41) is 15.1. The summed E-state index contributed by atoms with van der Waals surface area (Å²) in [6.45, 7) is 3.00. The van der Waals surface area contributed by atoms with Gasteiger partial charge in [-0.1, -0.05) is 6.07 Å². The van der Waals surface area contributed by atoms with Crippen LogP contribution in [0, 0.1) is 0 Å². The van der Waals surface area contributed by atoms with E-state index in [2.05, 4.69) is 22.2 Å². The van der Waals surface area contributed by atoms with Gasteiger partial charge >= 0.3 is 0 Å². The fourth-order valence-electron chi connectivity index (χ4n) is 1.57. The second-order valence-electron chi connectivity index (χ2n) is 4.15. The SMILES string of the molecule is CC(CCO)NCc1csc(-c2ccccn2)n1. The Labute approximate surface area is 111 Å². The summed E-state index contributed by atoms with van der Waals surface area (Å²) in [5.74, 6) is 0. The van der Waals surface area contributed by atoms with Gasteiger partial charge in [-0.15, -0.1) is 11.3 Å². The Morgan fingerprint density at radius 2 is 2.33 bits per heavy atom. The maximum absolute atomic E-state index is 8.82. The standard InChI is InChI=1S/C13H17N3OS/c1-10(5-7-17)15-8-11-9-18-13(16-11)12-4-2-3-6-14-12/h2-4,6,9-10,15,17H,5,7-8H2,1H3. The second kappa shape index (κ2) is 6.58. The predicted molar refractivity (Wildman–Crippen MR) is 73.3 cm³/mol. The van der Waals surface area contributed by atoms with E-state index in [-0.39, 0.29) is 6.61 Å². The molecule has 0 fully saturated rings. The van der Waals surface area contributed by atoms with Crippen molar-refractivity contribution in [3.63, 3.8) is 0 Å². The zero-order valence-electron chi connectivity index (χ0n) is 10.3. The molecule has 0 bridgehead atoms. The zero-order valence-corrected chi connectivity index (χ0v) is 11.2. The quantitative estimate of drug-likeness (QED) is 0.837. The highest BCUT2D eigenvalue weighted by atomic mass is 32.1. The molecule has 2 N–H and O–H groups in total. The molecule has 2 aromatic heterocycles. The highest BCUT2D eigenvalue weighted by Crippen LogP contribution is 2.21. The third kappa shape index (κ3) is 3.60. The molecule has 5 heteroatoms. The van der Waals surface area contributed by atoms with Crippen LogP contribution in [0.1, 0.15) is 19.0 Å². The van der Waals surface area contributed by atoms with E-state index in [0.29, 0.717) is 6.04 Å². The second-order valence-corrected chi connectivity index (χ2v) is 5.01. The van der Waals surface area contributed by atoms with E-state index < -0.39 is 0 Å². The molecule has 0 aliphatic carbocycles. The zero-order chi connectivity index (χ0) is 12.8. The topological polar surface area (TPSA) is 58.0 Å². The molecular formula is C13H17N3OS. The number of nitrogens with zero attached hydrogens (tertiary/aromatic N) is 2. The lowest BCUT2D eigenvalue weighted by Gasteiger charge is -2.10. The van der Waals surface area contributed by atoms with E-state index >= 15 is 0 Å². The van der Waals surface area contributed by atoms with E-state index in [1.165, 1.54) is 0 Å². The molecule has 0 aromatic carbocycles. The van der Waals surface area contributed by atoms with Crippen LogP contribution >= 0.6 is 11.3 Å². The van der Waals surface area contributed by atoms with Gasteiger partial charge in [0.1, 0.15) is 5.01 Å². The largest absolute Gasteiger partial charge is 0.396 e. The maximum Gasteiger partial charge on any atom is 0.142 e. The summed E-state index contributed by atoms with van der Waals surface area (Å²) >= 11 is 1.60. The first kappa shape index (κ1) is 13.1. The third-order valence-electron chi connectivity index (χ3n) is 2.63. The molecule has 0 saturated carbocycles. The van der Waals surface area contributed by atoms with Crippen molar-refractivity contribution in [3.05, 3.63) is 35.5 Å². The van der Waals surface area contributed by atoms with Crippen LogP contribution in [0.3, 0.4) is 0 Å². The van der Waals surface area contributed by atoms with E-state index in [9.17, 15) is 0 Å². The lowest BCUT2D eigenvalue weighted by atomic mass is 10.2. The summed E-state index contributed by atoms with van der Waals surface area (Å²) in [5.41, 5.74) is 1.93. The number of hydrogen-bond acceptors (Lipinski definition) is 5. The number of aliphatic hydroxyl groups is 1. The minimum Gasteiger partial charge on any atom is -0.396 e. The monoisotopic (exact) mass is 263 g/mol. The van der Waals surface area contributed by atoms with Crippen molar-refractivity contribution in [2.24, 2.45) is 0 Å². The number of nitrogens with one attached hydrogen (secondary N) is 1. The van der Waals surface area contributed by atoms with E-state index in [0.717, 1.165) is 29.4 Å². The van der Waals surface area contributed by atoms with Crippen molar-refractivity contribution in [3.8, 4) is 10.7 Å². The Balaban J connectivity index is 1.95. The van der Waals surface area contributed by atoms with E-state index in [1.54, 1.807) is 17.5 Å². The van der Waals surface area contributed by atoms with Gasteiger partial charge in [0.05, 0.1) is 11.4 Å². The first-order valence-electron chi connectivity index (χ1n) is 5.99. The van der Waals surface area contributed by atoms with Crippen molar-refractivity contribution in [1.82, 2.24) is 15.3 Å². The van der Waals surface area contributed by atoms with Crippen molar-refractivity contribution in [2.45, 2.75) is 25.9 Å². The van der Waals surface area contributed by atoms with Crippen molar-refractivity contribution >= 4 is 11.3 Å². The van der Waals surface area contributed by atoms with Gasteiger partial charge in [-0.3, -0.25) is 4.98 Å². The minimum atomic E-state index is 0.213. The molecule has 2 aromatic rings. The number of thiazole rings is 1. The van der Waals surface area contributed by atoms with Crippen LogP contribution in [0.2, 0.25) is 0 Å². The van der Waals surface area contributed by atoms with E-state index in [1.807, 2.05) is 23.6 Å².